The van der Waals surface area contributed by atoms with Gasteiger partial charge in [0.2, 0.25) is 10.0 Å². The van der Waals surface area contributed by atoms with E-state index < -0.39 is 32.7 Å². The number of rotatable bonds is 6. The van der Waals surface area contributed by atoms with Crippen LogP contribution in [0, 0.1) is 5.82 Å². The molecule has 1 amide bonds. The Kier molecular flexibility index (Phi) is 6.15. The van der Waals surface area contributed by atoms with Crippen molar-refractivity contribution in [3.05, 3.63) is 101 Å². The number of halogens is 1. The molecule has 4 rings (SSSR count). The summed E-state index contributed by atoms with van der Waals surface area (Å²) < 4.78 is 41.4. The lowest BCUT2D eigenvalue weighted by atomic mass is 9.98. The number of nitrogens with zero attached hydrogens (tertiary/aromatic N) is 1. The van der Waals surface area contributed by atoms with E-state index in [1.54, 1.807) is 0 Å². The van der Waals surface area contributed by atoms with Crippen molar-refractivity contribution in [1.82, 2.24) is 9.62 Å². The average molecular weight is 439 g/mol. The molecule has 3 aromatic rings. The van der Waals surface area contributed by atoms with E-state index in [9.17, 15) is 17.6 Å². The van der Waals surface area contributed by atoms with E-state index in [2.05, 4.69) is 5.32 Å². The summed E-state index contributed by atoms with van der Waals surface area (Å²) in [4.78, 5) is 12.6. The molecule has 0 radical (unpaired) electrons. The number of nitrogens with one attached hydrogen (secondary N) is 1. The van der Waals surface area contributed by atoms with Gasteiger partial charge in [-0.25, -0.2) is 12.8 Å². The Balaban J connectivity index is 1.66. The van der Waals surface area contributed by atoms with Crippen molar-refractivity contribution in [3.63, 3.8) is 0 Å². The zero-order chi connectivity index (χ0) is 21.8. The van der Waals surface area contributed by atoms with Gasteiger partial charge in [-0.2, -0.15) is 4.31 Å². The van der Waals surface area contributed by atoms with E-state index in [1.165, 1.54) is 10.4 Å². The minimum Gasteiger partial charge on any atom is -0.341 e. The van der Waals surface area contributed by atoms with Crippen LogP contribution >= 0.6 is 0 Å². The number of hydrogen-bond acceptors (Lipinski definition) is 3. The third-order valence-corrected chi connectivity index (χ3v) is 7.33. The van der Waals surface area contributed by atoms with Crippen molar-refractivity contribution in [2.24, 2.45) is 0 Å². The monoisotopic (exact) mass is 438 g/mol. The van der Waals surface area contributed by atoms with Crippen molar-refractivity contribution in [2.75, 3.05) is 13.1 Å². The summed E-state index contributed by atoms with van der Waals surface area (Å²) in [6.07, 6.45) is 1.49. The minimum absolute atomic E-state index is 0.0936. The Morgan fingerprint density at radius 3 is 1.97 bits per heavy atom. The van der Waals surface area contributed by atoms with Gasteiger partial charge in [0.15, 0.2) is 0 Å². The molecule has 0 saturated carbocycles. The molecule has 3 aromatic carbocycles. The van der Waals surface area contributed by atoms with Crippen LogP contribution in [0.15, 0.2) is 83.8 Å². The van der Waals surface area contributed by atoms with E-state index in [-0.39, 0.29) is 5.56 Å². The van der Waals surface area contributed by atoms with Gasteiger partial charge in [0.25, 0.3) is 5.91 Å². The summed E-state index contributed by atoms with van der Waals surface area (Å²) in [7, 11) is -3.98. The number of sulfonamides is 1. The molecule has 0 atom stereocenters. The molecule has 5 nitrogen and oxygen atoms in total. The molecule has 7 heteroatoms. The second-order valence-electron chi connectivity index (χ2n) is 7.48. The van der Waals surface area contributed by atoms with Gasteiger partial charge in [0.05, 0.1) is 6.04 Å². The van der Waals surface area contributed by atoms with Crippen LogP contribution in [-0.2, 0) is 10.0 Å². The van der Waals surface area contributed by atoms with Crippen LogP contribution in [0.2, 0.25) is 0 Å². The van der Waals surface area contributed by atoms with Crippen LogP contribution in [0.3, 0.4) is 0 Å². The molecule has 0 spiro atoms. The first-order valence-corrected chi connectivity index (χ1v) is 11.6. The fourth-order valence-electron chi connectivity index (χ4n) is 3.77. The minimum atomic E-state index is -3.98. The molecule has 0 aliphatic carbocycles. The maximum atomic E-state index is 14.4. The van der Waals surface area contributed by atoms with Gasteiger partial charge < -0.3 is 5.32 Å². The van der Waals surface area contributed by atoms with Crippen molar-refractivity contribution in [2.45, 2.75) is 23.8 Å². The Bertz CT molecular complexity index is 1120. The smallest absolute Gasteiger partial charge is 0.252 e. The van der Waals surface area contributed by atoms with Crippen LogP contribution in [0.1, 0.15) is 40.4 Å². The Hall–Kier alpha value is -3.03. The highest BCUT2D eigenvalue weighted by Crippen LogP contribution is 2.26. The molecule has 1 fully saturated rings. The first-order chi connectivity index (χ1) is 15.0. The van der Waals surface area contributed by atoms with Crippen LogP contribution in [0.25, 0.3) is 0 Å². The second-order valence-corrected chi connectivity index (χ2v) is 9.39. The summed E-state index contributed by atoms with van der Waals surface area (Å²) >= 11 is 0. The standard InChI is InChI=1S/C24H23FN2O3S/c25-21-14-13-20(17-22(21)31(29,30)27-15-7-8-16-27)24(28)26-23(18-9-3-1-4-10-18)19-11-5-2-6-12-19/h1-6,9-14,17,23H,7-8,15-16H2,(H,26,28). The Morgan fingerprint density at radius 1 is 0.871 bits per heavy atom. The number of hydrogen-bond donors (Lipinski definition) is 1. The molecular weight excluding hydrogens is 415 g/mol. The van der Waals surface area contributed by atoms with E-state index in [4.69, 9.17) is 0 Å². The molecule has 1 N–H and O–H groups in total. The van der Waals surface area contributed by atoms with Crippen LogP contribution in [-0.4, -0.2) is 31.7 Å². The lowest BCUT2D eigenvalue weighted by Gasteiger charge is -2.21. The predicted molar refractivity (Wildman–Crippen MR) is 117 cm³/mol. The molecule has 1 aliphatic rings. The molecule has 31 heavy (non-hydrogen) atoms. The summed E-state index contributed by atoms with van der Waals surface area (Å²) in [5, 5.41) is 2.96. The highest BCUT2D eigenvalue weighted by molar-refractivity contribution is 7.89. The summed E-state index contributed by atoms with van der Waals surface area (Å²) in [6.45, 7) is 0.727. The number of carbonyl (C=O) groups is 1. The van der Waals surface area contributed by atoms with Gasteiger partial charge in [-0.3, -0.25) is 4.79 Å². The lowest BCUT2D eigenvalue weighted by Crippen LogP contribution is -2.31. The van der Waals surface area contributed by atoms with E-state index in [1.807, 2.05) is 60.7 Å². The fourth-order valence-corrected chi connectivity index (χ4v) is 5.38. The molecule has 160 valence electrons. The maximum absolute atomic E-state index is 14.4. The molecule has 0 aromatic heterocycles. The zero-order valence-electron chi connectivity index (χ0n) is 16.9. The zero-order valence-corrected chi connectivity index (χ0v) is 17.7. The number of carbonyl (C=O) groups excluding carboxylic acids is 1. The Labute approximate surface area is 181 Å². The van der Waals surface area contributed by atoms with Gasteiger partial charge in [-0.05, 0) is 42.2 Å². The number of benzene rings is 3. The topological polar surface area (TPSA) is 66.5 Å². The van der Waals surface area contributed by atoms with Gasteiger partial charge in [-0.15, -0.1) is 0 Å². The number of amides is 1. The lowest BCUT2D eigenvalue weighted by molar-refractivity contribution is 0.0942. The van der Waals surface area contributed by atoms with Crippen molar-refractivity contribution in [1.29, 1.82) is 0 Å². The second kappa shape index (κ2) is 8.99. The van der Waals surface area contributed by atoms with E-state index >= 15 is 0 Å². The van der Waals surface area contributed by atoms with Crippen molar-refractivity contribution >= 4 is 15.9 Å². The van der Waals surface area contributed by atoms with Gasteiger partial charge >= 0.3 is 0 Å². The van der Waals surface area contributed by atoms with E-state index in [0.717, 1.165) is 36.1 Å². The third kappa shape index (κ3) is 4.52. The summed E-state index contributed by atoms with van der Waals surface area (Å²) in [5.74, 6) is -1.33. The third-order valence-electron chi connectivity index (χ3n) is 5.42. The molecule has 1 aliphatic heterocycles. The SMILES string of the molecule is O=C(NC(c1ccccc1)c1ccccc1)c1ccc(F)c(S(=O)(=O)N2CCCC2)c1. The first kappa shape index (κ1) is 21.2. The molecule has 1 saturated heterocycles. The molecule has 1 heterocycles. The van der Waals surface area contributed by atoms with Crippen LogP contribution in [0.5, 0.6) is 0 Å². The van der Waals surface area contributed by atoms with Crippen LogP contribution < -0.4 is 5.32 Å². The Morgan fingerprint density at radius 2 is 1.42 bits per heavy atom. The maximum Gasteiger partial charge on any atom is 0.252 e. The van der Waals surface area contributed by atoms with Crippen molar-refractivity contribution in [3.8, 4) is 0 Å². The normalized spacial score (nSPS) is 14.6. The van der Waals surface area contributed by atoms with Crippen molar-refractivity contribution < 1.29 is 17.6 Å². The highest BCUT2D eigenvalue weighted by Gasteiger charge is 2.30. The van der Waals surface area contributed by atoms with Gasteiger partial charge in [0.1, 0.15) is 10.7 Å². The first-order valence-electron chi connectivity index (χ1n) is 10.2. The van der Waals surface area contributed by atoms with Gasteiger partial charge in [-0.1, -0.05) is 60.7 Å². The van der Waals surface area contributed by atoms with Gasteiger partial charge in [0, 0.05) is 18.7 Å². The summed E-state index contributed by atoms with van der Waals surface area (Å²) in [5.41, 5.74) is 1.86. The molecule has 0 unspecified atom stereocenters. The summed E-state index contributed by atoms with van der Waals surface area (Å²) in [6, 6.07) is 22.0. The predicted octanol–water partition coefficient (Wildman–Crippen LogP) is 4.13. The average Bonchev–Trinajstić information content (AvgIpc) is 3.35. The molecular formula is C24H23FN2O3S. The highest BCUT2D eigenvalue weighted by atomic mass is 32.2. The van der Waals surface area contributed by atoms with E-state index in [0.29, 0.717) is 13.1 Å². The fraction of sp³-hybridized carbons (Fsp3) is 0.208. The van der Waals surface area contributed by atoms with Crippen LogP contribution in [0.4, 0.5) is 4.39 Å². The quantitative estimate of drug-likeness (QED) is 0.629. The molecule has 0 bridgehead atoms. The largest absolute Gasteiger partial charge is 0.341 e.